The number of rotatable bonds is 8. The third-order valence-electron chi connectivity index (χ3n) is 5.97. The lowest BCUT2D eigenvalue weighted by molar-refractivity contribution is -0.133. The summed E-state index contributed by atoms with van der Waals surface area (Å²) in [4.78, 5) is 16.6. The normalized spacial score (nSPS) is 13.9. The van der Waals surface area contributed by atoms with Gasteiger partial charge in [-0.25, -0.2) is 12.8 Å². The summed E-state index contributed by atoms with van der Waals surface area (Å²) in [6.07, 6.45) is 0. The van der Waals surface area contributed by atoms with Crippen molar-refractivity contribution in [1.29, 1.82) is 0 Å². The molecule has 0 atom stereocenters. The molecular formula is C26H28FN3O5S. The van der Waals surface area contributed by atoms with Crippen molar-refractivity contribution in [1.82, 2.24) is 4.90 Å². The maximum Gasteiger partial charge on any atom is 0.261 e. The van der Waals surface area contributed by atoms with Crippen molar-refractivity contribution in [3.8, 4) is 11.5 Å². The molecule has 1 heterocycles. The van der Waals surface area contributed by atoms with Gasteiger partial charge >= 0.3 is 0 Å². The van der Waals surface area contributed by atoms with E-state index in [0.29, 0.717) is 48.9 Å². The Morgan fingerprint density at radius 1 is 0.972 bits per heavy atom. The number of sulfonamides is 1. The van der Waals surface area contributed by atoms with E-state index in [9.17, 15) is 17.6 Å². The fourth-order valence-electron chi connectivity index (χ4n) is 3.92. The van der Waals surface area contributed by atoms with E-state index in [1.807, 2.05) is 0 Å². The second kappa shape index (κ2) is 10.9. The summed E-state index contributed by atoms with van der Waals surface area (Å²) < 4.78 is 52.0. The van der Waals surface area contributed by atoms with Crippen LogP contribution in [0.4, 0.5) is 15.8 Å². The van der Waals surface area contributed by atoms with Gasteiger partial charge in [-0.1, -0.05) is 0 Å². The van der Waals surface area contributed by atoms with Crippen molar-refractivity contribution in [3.05, 3.63) is 78.1 Å². The third-order valence-corrected chi connectivity index (χ3v) is 7.35. The van der Waals surface area contributed by atoms with Crippen molar-refractivity contribution in [2.45, 2.75) is 11.8 Å². The molecule has 8 nitrogen and oxygen atoms in total. The van der Waals surface area contributed by atoms with E-state index in [-0.39, 0.29) is 23.2 Å². The Labute approximate surface area is 210 Å². The number of carbonyl (C=O) groups is 1. The lowest BCUT2D eigenvalue weighted by Crippen LogP contribution is -2.50. The minimum Gasteiger partial charge on any atom is -0.497 e. The van der Waals surface area contributed by atoms with Crippen LogP contribution in [0, 0.1) is 12.7 Å². The molecule has 1 N–H and O–H groups in total. The average molecular weight is 514 g/mol. The van der Waals surface area contributed by atoms with Crippen LogP contribution in [0.15, 0.2) is 71.6 Å². The average Bonchev–Trinajstić information content (AvgIpc) is 2.88. The van der Waals surface area contributed by atoms with Gasteiger partial charge in [0, 0.05) is 37.6 Å². The fourth-order valence-corrected chi connectivity index (χ4v) is 5.06. The first kappa shape index (κ1) is 25.3. The molecule has 190 valence electrons. The first-order valence-electron chi connectivity index (χ1n) is 11.4. The molecule has 3 aromatic carbocycles. The van der Waals surface area contributed by atoms with E-state index >= 15 is 0 Å². The minimum absolute atomic E-state index is 0.0893. The smallest absolute Gasteiger partial charge is 0.261 e. The van der Waals surface area contributed by atoms with E-state index in [1.165, 1.54) is 31.4 Å². The molecular weight excluding hydrogens is 485 g/mol. The lowest BCUT2D eigenvalue weighted by Gasteiger charge is -2.36. The quantitative estimate of drug-likeness (QED) is 0.495. The van der Waals surface area contributed by atoms with Crippen LogP contribution in [0.1, 0.15) is 5.56 Å². The Morgan fingerprint density at radius 2 is 1.64 bits per heavy atom. The standard InChI is InChI=1S/C26H28FN3O5S/c1-19-17-24(36(32,33)28-21-5-9-23(34-2)10-6-21)11-12-25(19)35-18-26(31)30-15-13-29(14-16-30)22-7-3-20(27)4-8-22/h3-12,17,28H,13-16,18H2,1-2H3. The summed E-state index contributed by atoms with van der Waals surface area (Å²) in [6, 6.07) is 17.4. The van der Waals surface area contributed by atoms with E-state index in [2.05, 4.69) is 9.62 Å². The van der Waals surface area contributed by atoms with Gasteiger partial charge in [0.25, 0.3) is 15.9 Å². The Bertz CT molecular complexity index is 1310. The number of anilines is 2. The highest BCUT2D eigenvalue weighted by molar-refractivity contribution is 7.92. The summed E-state index contributed by atoms with van der Waals surface area (Å²) >= 11 is 0. The molecule has 0 unspecified atom stereocenters. The highest BCUT2D eigenvalue weighted by Crippen LogP contribution is 2.25. The van der Waals surface area contributed by atoms with Crippen LogP contribution in [0.25, 0.3) is 0 Å². The summed E-state index contributed by atoms with van der Waals surface area (Å²) in [5, 5.41) is 0. The van der Waals surface area contributed by atoms with Crippen LogP contribution in [0.2, 0.25) is 0 Å². The molecule has 4 rings (SSSR count). The topological polar surface area (TPSA) is 88.2 Å². The molecule has 10 heteroatoms. The Hall–Kier alpha value is -3.79. The molecule has 1 saturated heterocycles. The van der Waals surface area contributed by atoms with E-state index in [4.69, 9.17) is 9.47 Å². The van der Waals surface area contributed by atoms with Crippen molar-refractivity contribution in [2.75, 3.05) is 49.5 Å². The molecule has 1 aliphatic heterocycles. The molecule has 0 radical (unpaired) electrons. The van der Waals surface area contributed by atoms with Crippen molar-refractivity contribution in [2.24, 2.45) is 0 Å². The van der Waals surface area contributed by atoms with Crippen LogP contribution in [0.5, 0.6) is 11.5 Å². The van der Waals surface area contributed by atoms with E-state index < -0.39 is 10.0 Å². The van der Waals surface area contributed by atoms with Gasteiger partial charge in [0.2, 0.25) is 0 Å². The second-order valence-electron chi connectivity index (χ2n) is 8.39. The summed E-state index contributed by atoms with van der Waals surface area (Å²) in [6.45, 7) is 3.94. The van der Waals surface area contributed by atoms with Crippen LogP contribution < -0.4 is 19.1 Å². The molecule has 1 fully saturated rings. The molecule has 0 bridgehead atoms. The maximum atomic E-state index is 13.1. The molecule has 0 saturated carbocycles. The summed E-state index contributed by atoms with van der Waals surface area (Å²) in [7, 11) is -2.26. The van der Waals surface area contributed by atoms with Crippen molar-refractivity contribution >= 4 is 27.3 Å². The predicted octanol–water partition coefficient (Wildman–Crippen LogP) is 3.67. The zero-order valence-corrected chi connectivity index (χ0v) is 20.9. The van der Waals surface area contributed by atoms with Crippen LogP contribution in [-0.4, -0.2) is 59.1 Å². The molecule has 36 heavy (non-hydrogen) atoms. The molecule has 0 spiro atoms. The van der Waals surface area contributed by atoms with Gasteiger partial charge in [0.05, 0.1) is 12.0 Å². The number of benzene rings is 3. The fraction of sp³-hybridized carbons (Fsp3) is 0.269. The Balaban J connectivity index is 1.31. The predicted molar refractivity (Wildman–Crippen MR) is 136 cm³/mol. The monoisotopic (exact) mass is 513 g/mol. The number of carbonyl (C=O) groups excluding carboxylic acids is 1. The highest BCUT2D eigenvalue weighted by atomic mass is 32.2. The number of hydrogen-bond donors (Lipinski definition) is 1. The first-order valence-corrected chi connectivity index (χ1v) is 12.9. The molecule has 0 aliphatic carbocycles. The van der Waals surface area contributed by atoms with Gasteiger partial charge < -0.3 is 19.3 Å². The van der Waals surface area contributed by atoms with E-state index in [1.54, 1.807) is 54.3 Å². The molecule has 3 aromatic rings. The van der Waals surface area contributed by atoms with Gasteiger partial charge in [-0.3, -0.25) is 9.52 Å². The van der Waals surface area contributed by atoms with Gasteiger partial charge in [-0.05, 0) is 79.2 Å². The van der Waals surface area contributed by atoms with Crippen LogP contribution in [0.3, 0.4) is 0 Å². The summed E-state index contributed by atoms with van der Waals surface area (Å²) in [5.41, 5.74) is 1.94. The minimum atomic E-state index is -3.80. The van der Waals surface area contributed by atoms with Crippen molar-refractivity contribution < 1.29 is 27.1 Å². The molecule has 1 aliphatic rings. The first-order chi connectivity index (χ1) is 17.2. The van der Waals surface area contributed by atoms with Gasteiger partial charge in [-0.15, -0.1) is 0 Å². The molecule has 1 amide bonds. The zero-order chi connectivity index (χ0) is 25.7. The number of nitrogens with one attached hydrogen (secondary N) is 1. The third kappa shape index (κ3) is 6.06. The van der Waals surface area contributed by atoms with Crippen molar-refractivity contribution in [3.63, 3.8) is 0 Å². The van der Waals surface area contributed by atoms with E-state index in [0.717, 1.165) is 5.69 Å². The number of nitrogens with zero attached hydrogens (tertiary/aromatic N) is 2. The number of methoxy groups -OCH3 is 1. The SMILES string of the molecule is COc1ccc(NS(=O)(=O)c2ccc(OCC(=O)N3CCN(c4ccc(F)cc4)CC3)c(C)c2)cc1. The van der Waals surface area contributed by atoms with Gasteiger partial charge in [0.1, 0.15) is 17.3 Å². The summed E-state index contributed by atoms with van der Waals surface area (Å²) in [5.74, 6) is 0.640. The second-order valence-corrected chi connectivity index (χ2v) is 10.1. The number of piperazine rings is 1. The van der Waals surface area contributed by atoms with Gasteiger partial charge in [-0.2, -0.15) is 0 Å². The largest absolute Gasteiger partial charge is 0.497 e. The number of amides is 1. The maximum absolute atomic E-state index is 13.1. The van der Waals surface area contributed by atoms with Gasteiger partial charge in [0.15, 0.2) is 6.61 Å². The number of aryl methyl sites for hydroxylation is 1. The van der Waals surface area contributed by atoms with Crippen LogP contribution in [-0.2, 0) is 14.8 Å². The lowest BCUT2D eigenvalue weighted by atomic mass is 10.2. The molecule has 0 aromatic heterocycles. The number of hydrogen-bond acceptors (Lipinski definition) is 6. The number of halogens is 1. The number of ether oxygens (including phenoxy) is 2. The highest BCUT2D eigenvalue weighted by Gasteiger charge is 2.22. The van der Waals surface area contributed by atoms with Crippen LogP contribution >= 0.6 is 0 Å². The Morgan fingerprint density at radius 3 is 2.25 bits per heavy atom. The Kier molecular flexibility index (Phi) is 7.64. The zero-order valence-electron chi connectivity index (χ0n) is 20.1.